The number of methoxy groups -OCH3 is 1. The predicted octanol–water partition coefficient (Wildman–Crippen LogP) is 4.65. The molecule has 3 aromatic rings. The zero-order valence-corrected chi connectivity index (χ0v) is 20.5. The lowest BCUT2D eigenvalue weighted by molar-refractivity contribution is -0.112. The van der Waals surface area contributed by atoms with Crippen molar-refractivity contribution in [1.82, 2.24) is 0 Å². The van der Waals surface area contributed by atoms with Crippen LogP contribution in [0.25, 0.3) is 11.5 Å². The Morgan fingerprint density at radius 3 is 1.58 bits per heavy atom. The number of hydrogen-bond donors (Lipinski definition) is 2. The van der Waals surface area contributed by atoms with Crippen LogP contribution in [-0.2, 0) is 9.59 Å². The van der Waals surface area contributed by atoms with Crippen molar-refractivity contribution in [3.63, 3.8) is 0 Å². The second-order valence-corrected chi connectivity index (χ2v) is 8.71. The van der Waals surface area contributed by atoms with Crippen molar-refractivity contribution in [2.45, 2.75) is 12.8 Å². The molecule has 2 N–H and O–H groups in total. The average molecular weight is 510 g/mol. The van der Waals surface area contributed by atoms with Crippen molar-refractivity contribution < 1.29 is 38.9 Å². The molecular weight excluding hydrogens is 488 g/mol. The maximum atomic E-state index is 13.5. The second kappa shape index (κ2) is 9.48. The fourth-order valence-electron chi connectivity index (χ4n) is 4.92. The van der Waals surface area contributed by atoms with Crippen LogP contribution in [0.3, 0.4) is 0 Å². The number of aliphatic hydroxyl groups is 2. The fraction of sp³-hybridized carbons (Fsp3) is 0.133. The van der Waals surface area contributed by atoms with Crippen molar-refractivity contribution in [2.24, 2.45) is 0 Å². The number of ketones is 4. The highest BCUT2D eigenvalue weighted by Gasteiger charge is 2.45. The Morgan fingerprint density at radius 1 is 0.658 bits per heavy atom. The van der Waals surface area contributed by atoms with Gasteiger partial charge in [0.1, 0.15) is 11.5 Å². The molecule has 0 saturated carbocycles. The summed E-state index contributed by atoms with van der Waals surface area (Å²) in [6.45, 7) is 2.12. The van der Waals surface area contributed by atoms with Crippen molar-refractivity contribution in [3.8, 4) is 11.5 Å². The molecule has 0 aromatic heterocycles. The molecule has 0 aliphatic heterocycles. The van der Waals surface area contributed by atoms with Crippen LogP contribution < -0.4 is 9.47 Å². The van der Waals surface area contributed by atoms with Crippen LogP contribution in [0.4, 0.5) is 0 Å². The molecule has 0 atom stereocenters. The minimum Gasteiger partial charge on any atom is -0.507 e. The van der Waals surface area contributed by atoms with Crippen molar-refractivity contribution in [1.29, 1.82) is 0 Å². The molecule has 2 aliphatic carbocycles. The predicted molar refractivity (Wildman–Crippen MR) is 138 cm³/mol. The lowest BCUT2D eigenvalue weighted by Gasteiger charge is -2.29. The van der Waals surface area contributed by atoms with Gasteiger partial charge in [-0.2, -0.15) is 0 Å². The first-order valence-electron chi connectivity index (χ1n) is 11.8. The number of hydrogen-bond acceptors (Lipinski definition) is 8. The highest BCUT2D eigenvalue weighted by Crippen LogP contribution is 2.46. The normalized spacial score (nSPS) is 15.1. The van der Waals surface area contributed by atoms with E-state index in [0.29, 0.717) is 12.4 Å². The Morgan fingerprint density at radius 2 is 1.13 bits per heavy atom. The number of rotatable bonds is 6. The first-order chi connectivity index (χ1) is 18.3. The van der Waals surface area contributed by atoms with Crippen LogP contribution in [0.2, 0.25) is 0 Å². The Balaban J connectivity index is 1.85. The zero-order chi connectivity index (χ0) is 27.1. The summed E-state index contributed by atoms with van der Waals surface area (Å²) in [5.41, 5.74) is -0.415. The summed E-state index contributed by atoms with van der Waals surface area (Å²) in [6, 6.07) is 16.6. The molecule has 3 aromatic carbocycles. The Bertz CT molecular complexity index is 1520. The van der Waals surface area contributed by atoms with Gasteiger partial charge in [-0.15, -0.1) is 0 Å². The summed E-state index contributed by atoms with van der Waals surface area (Å²) in [4.78, 5) is 53.2. The minimum atomic E-state index is -1.48. The molecule has 190 valence electrons. The SMILES string of the molecule is CCOc1ccc(C(C2=C(O)c3ccccc3C(=O)C2=O)C2=C(O)c3ccccc3C(=O)C2=O)cc1OC. The van der Waals surface area contributed by atoms with Crippen molar-refractivity contribution >= 4 is 34.7 Å². The standard InChI is InChI=1S/C30H22O8/c1-3-38-20-13-12-15(14-21(20)37-2)22(23-25(31)16-8-4-6-10-18(16)27(33)29(23)35)24-26(32)17-9-5-7-11-19(17)28(34)30(24)36/h4-14,22,31-32H,3H2,1-2H3. The molecule has 0 fully saturated rings. The van der Waals surface area contributed by atoms with Gasteiger partial charge in [0.15, 0.2) is 11.5 Å². The van der Waals surface area contributed by atoms with Gasteiger partial charge in [-0.3, -0.25) is 19.2 Å². The highest BCUT2D eigenvalue weighted by atomic mass is 16.5. The summed E-state index contributed by atoms with van der Waals surface area (Å²) < 4.78 is 11.0. The van der Waals surface area contributed by atoms with Crippen LogP contribution in [0, 0.1) is 0 Å². The third-order valence-electron chi connectivity index (χ3n) is 6.66. The summed E-state index contributed by atoms with van der Waals surface area (Å²) in [7, 11) is 1.40. The van der Waals surface area contributed by atoms with Gasteiger partial charge < -0.3 is 19.7 Å². The van der Waals surface area contributed by atoms with Crippen LogP contribution in [0.5, 0.6) is 11.5 Å². The molecule has 0 bridgehead atoms. The molecule has 2 aliphatic rings. The van der Waals surface area contributed by atoms with Gasteiger partial charge in [-0.25, -0.2) is 0 Å². The molecule has 8 heteroatoms. The topological polar surface area (TPSA) is 127 Å². The highest BCUT2D eigenvalue weighted by molar-refractivity contribution is 6.55. The van der Waals surface area contributed by atoms with Crippen LogP contribution in [0.15, 0.2) is 77.9 Å². The minimum absolute atomic E-state index is 0.0105. The zero-order valence-electron chi connectivity index (χ0n) is 20.5. The number of benzene rings is 3. The van der Waals surface area contributed by atoms with Gasteiger partial charge in [0, 0.05) is 28.2 Å². The number of fused-ring (bicyclic) bond motifs is 2. The molecule has 5 rings (SSSR count). The maximum Gasteiger partial charge on any atom is 0.234 e. The number of allylic oxidation sites excluding steroid dienone is 2. The molecule has 0 heterocycles. The van der Waals surface area contributed by atoms with E-state index in [-0.39, 0.29) is 33.6 Å². The molecular formula is C30H22O8. The van der Waals surface area contributed by atoms with E-state index in [1.807, 2.05) is 0 Å². The van der Waals surface area contributed by atoms with Crippen LogP contribution in [0.1, 0.15) is 50.2 Å². The Kier molecular flexibility index (Phi) is 6.16. The van der Waals surface area contributed by atoms with Gasteiger partial charge in [0.2, 0.25) is 23.1 Å². The number of ether oxygens (including phenoxy) is 2. The van der Waals surface area contributed by atoms with Gasteiger partial charge in [0.25, 0.3) is 0 Å². The van der Waals surface area contributed by atoms with E-state index in [1.54, 1.807) is 37.3 Å². The van der Waals surface area contributed by atoms with E-state index < -0.39 is 51.7 Å². The summed E-state index contributed by atoms with van der Waals surface area (Å²) in [5.74, 6) is -5.78. The number of aliphatic hydroxyl groups excluding tert-OH is 2. The largest absolute Gasteiger partial charge is 0.507 e. The smallest absolute Gasteiger partial charge is 0.234 e. The van der Waals surface area contributed by atoms with E-state index in [0.717, 1.165) is 0 Å². The molecule has 0 amide bonds. The van der Waals surface area contributed by atoms with Gasteiger partial charge >= 0.3 is 0 Å². The lowest BCUT2D eigenvalue weighted by atomic mass is 9.72. The van der Waals surface area contributed by atoms with Crippen molar-refractivity contribution in [3.05, 3.63) is 106 Å². The van der Waals surface area contributed by atoms with Gasteiger partial charge in [0.05, 0.1) is 24.9 Å². The Hall–Kier alpha value is -4.98. The molecule has 0 spiro atoms. The first-order valence-corrected chi connectivity index (χ1v) is 11.8. The van der Waals surface area contributed by atoms with E-state index in [9.17, 15) is 29.4 Å². The number of carbonyl (C=O) groups excluding carboxylic acids is 4. The average Bonchev–Trinajstić information content (AvgIpc) is 2.94. The molecule has 38 heavy (non-hydrogen) atoms. The van der Waals surface area contributed by atoms with Gasteiger partial charge in [-0.05, 0) is 24.6 Å². The summed E-state index contributed by atoms with van der Waals surface area (Å²) in [5, 5.41) is 22.6. The third kappa shape index (κ3) is 3.69. The first kappa shape index (κ1) is 24.7. The van der Waals surface area contributed by atoms with Crippen LogP contribution >= 0.6 is 0 Å². The van der Waals surface area contributed by atoms with E-state index >= 15 is 0 Å². The second-order valence-electron chi connectivity index (χ2n) is 8.71. The molecule has 0 unspecified atom stereocenters. The summed E-state index contributed by atoms with van der Waals surface area (Å²) >= 11 is 0. The van der Waals surface area contributed by atoms with E-state index in [1.165, 1.54) is 43.5 Å². The number of Topliss-reactive ketones (excluding diaryl/α,β-unsaturated/α-hetero) is 4. The molecule has 8 nitrogen and oxygen atoms in total. The Labute approximate surface area is 217 Å². The number of carbonyl (C=O) groups is 4. The van der Waals surface area contributed by atoms with E-state index in [2.05, 4.69) is 0 Å². The quantitative estimate of drug-likeness (QED) is 0.459. The maximum absolute atomic E-state index is 13.5. The van der Waals surface area contributed by atoms with Crippen molar-refractivity contribution in [2.75, 3.05) is 13.7 Å². The molecule has 0 radical (unpaired) electrons. The van der Waals surface area contributed by atoms with Gasteiger partial charge in [-0.1, -0.05) is 54.6 Å². The lowest BCUT2D eigenvalue weighted by Crippen LogP contribution is -2.33. The molecule has 0 saturated heterocycles. The monoisotopic (exact) mass is 510 g/mol. The third-order valence-corrected chi connectivity index (χ3v) is 6.66. The fourth-order valence-corrected chi connectivity index (χ4v) is 4.92. The van der Waals surface area contributed by atoms with Crippen LogP contribution in [-0.4, -0.2) is 47.1 Å². The summed E-state index contributed by atoms with van der Waals surface area (Å²) in [6.07, 6.45) is 0. The van der Waals surface area contributed by atoms with E-state index in [4.69, 9.17) is 9.47 Å².